The number of hydrogen-bond acceptors (Lipinski definition) is 5. The largest absolute Gasteiger partial charge is 0.480 e. The van der Waals surface area contributed by atoms with Crippen molar-refractivity contribution in [3.8, 4) is 11.8 Å². The van der Waals surface area contributed by atoms with E-state index in [-0.39, 0.29) is 19.1 Å². The Labute approximate surface area is 117 Å². The van der Waals surface area contributed by atoms with E-state index in [0.29, 0.717) is 11.3 Å². The number of aliphatic hydroxyl groups is 1. The summed E-state index contributed by atoms with van der Waals surface area (Å²) in [4.78, 5) is 11.8. The van der Waals surface area contributed by atoms with E-state index < -0.39 is 12.2 Å². The zero-order chi connectivity index (χ0) is 15.0. The molecule has 0 saturated carbocycles. The van der Waals surface area contributed by atoms with Crippen molar-refractivity contribution in [3.63, 3.8) is 0 Å². The van der Waals surface area contributed by atoms with Gasteiger partial charge >= 0.3 is 0 Å². The van der Waals surface area contributed by atoms with E-state index in [1.807, 2.05) is 6.07 Å². The van der Waals surface area contributed by atoms with Crippen LogP contribution in [0.2, 0.25) is 0 Å². The first kappa shape index (κ1) is 16.0. The Morgan fingerprint density at radius 2 is 2.20 bits per heavy atom. The van der Waals surface area contributed by atoms with Gasteiger partial charge in [0.1, 0.15) is 11.8 Å². The molecule has 1 aromatic carbocycles. The van der Waals surface area contributed by atoms with Crippen molar-refractivity contribution in [3.05, 3.63) is 29.8 Å². The Kier molecular flexibility index (Phi) is 6.50. The Morgan fingerprint density at radius 1 is 1.50 bits per heavy atom. The topological polar surface area (TPSA) is 91.6 Å². The van der Waals surface area contributed by atoms with E-state index in [4.69, 9.17) is 14.7 Å². The van der Waals surface area contributed by atoms with Crippen molar-refractivity contribution in [2.75, 3.05) is 20.3 Å². The van der Waals surface area contributed by atoms with Crippen LogP contribution < -0.4 is 10.1 Å². The van der Waals surface area contributed by atoms with Gasteiger partial charge < -0.3 is 19.9 Å². The molecule has 0 heterocycles. The number of methoxy groups -OCH3 is 1. The minimum absolute atomic E-state index is 0.0836. The maximum atomic E-state index is 11.8. The molecule has 20 heavy (non-hydrogen) atoms. The molecule has 0 aliphatic heterocycles. The summed E-state index contributed by atoms with van der Waals surface area (Å²) in [5.74, 6) is -0.0111. The molecule has 0 aliphatic carbocycles. The second-order valence-electron chi connectivity index (χ2n) is 4.22. The molecular formula is C14H18N2O4. The summed E-state index contributed by atoms with van der Waals surface area (Å²) >= 11 is 0. The van der Waals surface area contributed by atoms with Crippen LogP contribution in [0.15, 0.2) is 24.3 Å². The first-order chi connectivity index (χ1) is 9.58. The summed E-state index contributed by atoms with van der Waals surface area (Å²) in [5, 5.41) is 20.9. The molecule has 6 nitrogen and oxygen atoms in total. The molecule has 1 aromatic rings. The number of para-hydroxylation sites is 1. The Balaban J connectivity index is 2.52. The van der Waals surface area contributed by atoms with Crippen LogP contribution in [0, 0.1) is 11.3 Å². The molecule has 0 radical (unpaired) electrons. The lowest BCUT2D eigenvalue weighted by Gasteiger charge is -2.17. The lowest BCUT2D eigenvalue weighted by molar-refractivity contribution is -0.127. The summed E-state index contributed by atoms with van der Waals surface area (Å²) in [6.07, 6.45) is -1.53. The molecule has 0 bridgehead atoms. The van der Waals surface area contributed by atoms with Crippen molar-refractivity contribution in [1.82, 2.24) is 5.32 Å². The molecule has 0 fully saturated rings. The second-order valence-corrected chi connectivity index (χ2v) is 4.22. The molecule has 0 saturated heterocycles. The molecule has 6 heteroatoms. The van der Waals surface area contributed by atoms with Gasteiger partial charge in [-0.15, -0.1) is 0 Å². The molecule has 0 aliphatic rings. The van der Waals surface area contributed by atoms with Gasteiger partial charge in [-0.2, -0.15) is 5.26 Å². The molecule has 2 unspecified atom stereocenters. The highest BCUT2D eigenvalue weighted by Gasteiger charge is 2.17. The Bertz CT molecular complexity index is 484. The molecule has 0 aromatic heterocycles. The Morgan fingerprint density at radius 3 is 2.85 bits per heavy atom. The number of carbonyl (C=O) groups excluding carboxylic acids is 1. The van der Waals surface area contributed by atoms with Crippen LogP contribution in [0.3, 0.4) is 0 Å². The quantitative estimate of drug-likeness (QED) is 0.755. The molecule has 1 amide bonds. The zero-order valence-electron chi connectivity index (χ0n) is 11.5. The monoisotopic (exact) mass is 278 g/mol. The number of nitrogens with one attached hydrogen (secondary N) is 1. The fraction of sp³-hybridized carbons (Fsp3) is 0.429. The van der Waals surface area contributed by atoms with Gasteiger partial charge in [0.25, 0.3) is 5.91 Å². The zero-order valence-corrected chi connectivity index (χ0v) is 11.5. The van der Waals surface area contributed by atoms with Crippen molar-refractivity contribution < 1.29 is 19.4 Å². The standard InChI is InChI=1S/C14H18N2O4/c1-10(14(18)16-8-12(17)9-19-2)20-13-6-4-3-5-11(13)7-15/h3-6,10,12,17H,8-9H2,1-2H3,(H,16,18). The number of rotatable bonds is 7. The summed E-state index contributed by atoms with van der Waals surface area (Å²) in [7, 11) is 1.47. The van der Waals surface area contributed by atoms with Gasteiger partial charge in [-0.25, -0.2) is 0 Å². The summed E-state index contributed by atoms with van der Waals surface area (Å²) < 4.78 is 10.2. The van der Waals surface area contributed by atoms with Gasteiger partial charge in [-0.05, 0) is 19.1 Å². The number of hydrogen-bond donors (Lipinski definition) is 2. The first-order valence-electron chi connectivity index (χ1n) is 6.19. The van der Waals surface area contributed by atoms with Crippen molar-refractivity contribution in [2.45, 2.75) is 19.1 Å². The molecule has 1 rings (SSSR count). The number of nitriles is 1. The van der Waals surface area contributed by atoms with Crippen LogP contribution in [-0.4, -0.2) is 43.5 Å². The maximum absolute atomic E-state index is 11.8. The van der Waals surface area contributed by atoms with Gasteiger partial charge in [-0.3, -0.25) is 4.79 Å². The second kappa shape index (κ2) is 8.15. The summed E-state index contributed by atoms with van der Waals surface area (Å²) in [5.41, 5.74) is 0.367. The summed E-state index contributed by atoms with van der Waals surface area (Å²) in [6, 6.07) is 8.68. The average Bonchev–Trinajstić information content (AvgIpc) is 2.45. The van der Waals surface area contributed by atoms with Crippen molar-refractivity contribution in [1.29, 1.82) is 5.26 Å². The summed E-state index contributed by atoms with van der Waals surface area (Å²) in [6.45, 7) is 1.80. The maximum Gasteiger partial charge on any atom is 0.260 e. The lowest BCUT2D eigenvalue weighted by atomic mass is 10.2. The molecule has 2 atom stereocenters. The van der Waals surface area contributed by atoms with Crippen molar-refractivity contribution in [2.24, 2.45) is 0 Å². The van der Waals surface area contributed by atoms with Gasteiger partial charge in [0.05, 0.1) is 18.3 Å². The van der Waals surface area contributed by atoms with Gasteiger partial charge in [-0.1, -0.05) is 12.1 Å². The predicted octanol–water partition coefficient (Wildman–Crippen LogP) is 0.449. The highest BCUT2D eigenvalue weighted by Crippen LogP contribution is 2.18. The SMILES string of the molecule is COCC(O)CNC(=O)C(C)Oc1ccccc1C#N. The number of ether oxygens (including phenoxy) is 2. The molecular weight excluding hydrogens is 260 g/mol. The van der Waals surface area contributed by atoms with Crippen LogP contribution in [0.25, 0.3) is 0 Å². The van der Waals surface area contributed by atoms with E-state index in [1.54, 1.807) is 31.2 Å². The fourth-order valence-electron chi connectivity index (χ4n) is 1.52. The number of carbonyl (C=O) groups is 1. The minimum atomic E-state index is -0.765. The van der Waals surface area contributed by atoms with E-state index in [2.05, 4.69) is 5.32 Å². The first-order valence-corrected chi connectivity index (χ1v) is 6.19. The van der Waals surface area contributed by atoms with Gasteiger partial charge in [0.2, 0.25) is 0 Å². The Hall–Kier alpha value is -2.10. The third-order valence-electron chi connectivity index (χ3n) is 2.55. The fourth-order valence-corrected chi connectivity index (χ4v) is 1.52. The average molecular weight is 278 g/mol. The van der Waals surface area contributed by atoms with Gasteiger partial charge in [0, 0.05) is 13.7 Å². The van der Waals surface area contributed by atoms with Crippen LogP contribution >= 0.6 is 0 Å². The van der Waals surface area contributed by atoms with Crippen LogP contribution in [0.5, 0.6) is 5.75 Å². The normalized spacial score (nSPS) is 13.1. The highest BCUT2D eigenvalue weighted by molar-refractivity contribution is 5.80. The highest BCUT2D eigenvalue weighted by atomic mass is 16.5. The van der Waals surface area contributed by atoms with E-state index in [9.17, 15) is 9.90 Å². The smallest absolute Gasteiger partial charge is 0.260 e. The lowest BCUT2D eigenvalue weighted by Crippen LogP contribution is -2.41. The third kappa shape index (κ3) is 4.88. The molecule has 2 N–H and O–H groups in total. The van der Waals surface area contributed by atoms with Gasteiger partial charge in [0.15, 0.2) is 6.10 Å². The number of aliphatic hydroxyl groups excluding tert-OH is 1. The van der Waals surface area contributed by atoms with Crippen LogP contribution in [-0.2, 0) is 9.53 Å². The van der Waals surface area contributed by atoms with E-state index >= 15 is 0 Å². The molecule has 108 valence electrons. The van der Waals surface area contributed by atoms with Crippen LogP contribution in [0.4, 0.5) is 0 Å². The minimum Gasteiger partial charge on any atom is -0.480 e. The van der Waals surface area contributed by atoms with E-state index in [0.717, 1.165) is 0 Å². The van der Waals surface area contributed by atoms with Crippen molar-refractivity contribution >= 4 is 5.91 Å². The number of amides is 1. The van der Waals surface area contributed by atoms with E-state index in [1.165, 1.54) is 7.11 Å². The molecule has 0 spiro atoms. The number of benzene rings is 1. The van der Waals surface area contributed by atoms with Crippen LogP contribution in [0.1, 0.15) is 12.5 Å². The third-order valence-corrected chi connectivity index (χ3v) is 2.55. The predicted molar refractivity (Wildman–Crippen MR) is 72.1 cm³/mol. The number of nitrogens with zero attached hydrogens (tertiary/aromatic N) is 1.